The summed E-state index contributed by atoms with van der Waals surface area (Å²) in [7, 11) is 0. The first kappa shape index (κ1) is 16.5. The number of aliphatic hydroxyl groups is 1. The summed E-state index contributed by atoms with van der Waals surface area (Å²) < 4.78 is 6.64. The maximum Gasteiger partial charge on any atom is 0.0839 e. The van der Waals surface area contributed by atoms with Crippen LogP contribution in [0.2, 0.25) is 0 Å². The molecule has 2 heteroatoms. The second-order valence-corrected chi connectivity index (χ2v) is 9.50. The van der Waals surface area contributed by atoms with Gasteiger partial charge in [0, 0.05) is 0 Å². The van der Waals surface area contributed by atoms with Crippen molar-refractivity contribution in [2.24, 2.45) is 22.7 Å². The zero-order valence-electron chi connectivity index (χ0n) is 15.1. The zero-order chi connectivity index (χ0) is 16.4. The van der Waals surface area contributed by atoms with Gasteiger partial charge in [0.15, 0.2) is 0 Å². The van der Waals surface area contributed by atoms with Gasteiger partial charge in [-0.25, -0.2) is 0 Å². The maximum atomic E-state index is 10.5. The van der Waals surface area contributed by atoms with Gasteiger partial charge < -0.3 is 9.84 Å². The molecule has 1 aliphatic heterocycles. The molecule has 2 unspecified atom stereocenters. The summed E-state index contributed by atoms with van der Waals surface area (Å²) >= 11 is 0. The highest BCUT2D eigenvalue weighted by molar-refractivity contribution is 5.13. The van der Waals surface area contributed by atoms with E-state index in [1.54, 1.807) is 0 Å². The molecule has 0 amide bonds. The fourth-order valence-corrected chi connectivity index (χ4v) is 6.41. The van der Waals surface area contributed by atoms with E-state index in [0.29, 0.717) is 11.8 Å². The van der Waals surface area contributed by atoms with E-state index >= 15 is 0 Å². The minimum atomic E-state index is -0.169. The van der Waals surface area contributed by atoms with E-state index in [2.05, 4.69) is 41.2 Å². The Morgan fingerprint density at radius 1 is 0.955 bits per heavy atom. The highest BCUT2D eigenvalue weighted by Crippen LogP contribution is 2.65. The van der Waals surface area contributed by atoms with Gasteiger partial charge >= 0.3 is 0 Å². The molecule has 6 atom stereocenters. The van der Waals surface area contributed by atoms with Crippen LogP contribution in [0.4, 0.5) is 0 Å². The first-order chi connectivity index (χ1) is 10.1. The van der Waals surface area contributed by atoms with E-state index in [9.17, 15) is 5.11 Å². The van der Waals surface area contributed by atoms with Crippen molar-refractivity contribution in [2.75, 3.05) is 0 Å². The summed E-state index contributed by atoms with van der Waals surface area (Å²) in [6, 6.07) is 0. The zero-order valence-corrected chi connectivity index (χ0v) is 15.1. The summed E-state index contributed by atoms with van der Waals surface area (Å²) in [5, 5.41) is 10.5. The first-order valence-electron chi connectivity index (χ1n) is 9.09. The molecule has 2 saturated carbocycles. The molecule has 126 valence electrons. The largest absolute Gasteiger partial charge is 0.393 e. The number of fused-ring (bicyclic) bond motifs is 3. The average molecular weight is 306 g/mol. The van der Waals surface area contributed by atoms with E-state index in [4.69, 9.17) is 4.74 Å². The van der Waals surface area contributed by atoms with Gasteiger partial charge in [-0.05, 0) is 75.0 Å². The first-order valence-corrected chi connectivity index (χ1v) is 9.09. The molecule has 0 radical (unpaired) electrons. The molecule has 0 spiro atoms. The van der Waals surface area contributed by atoms with Crippen molar-refractivity contribution in [3.05, 3.63) is 12.7 Å². The van der Waals surface area contributed by atoms with E-state index < -0.39 is 0 Å². The third-order valence-corrected chi connectivity index (χ3v) is 7.80. The Labute approximate surface area is 136 Å². The van der Waals surface area contributed by atoms with Crippen LogP contribution < -0.4 is 0 Å². The van der Waals surface area contributed by atoms with E-state index in [1.807, 2.05) is 6.08 Å². The van der Waals surface area contributed by atoms with Crippen LogP contribution in [0.5, 0.6) is 0 Å². The van der Waals surface area contributed by atoms with Crippen molar-refractivity contribution in [1.82, 2.24) is 0 Å². The lowest BCUT2D eigenvalue weighted by Gasteiger charge is -2.65. The van der Waals surface area contributed by atoms with E-state index in [-0.39, 0.29) is 28.1 Å². The number of hydrogen-bond acceptors (Lipinski definition) is 2. The third kappa shape index (κ3) is 2.13. The van der Waals surface area contributed by atoms with Crippen LogP contribution in [0.25, 0.3) is 0 Å². The monoisotopic (exact) mass is 306 g/mol. The molecule has 3 rings (SSSR count). The maximum absolute atomic E-state index is 10.5. The SMILES string of the molecule is C=CC1(C)CC[C@H]2[C@@](C)(CCC3C(C)(C)[C@@H](O)CC[C@@]32C)O1. The lowest BCUT2D eigenvalue weighted by Crippen LogP contribution is -2.64. The number of hydrogen-bond donors (Lipinski definition) is 1. The lowest BCUT2D eigenvalue weighted by atomic mass is 9.44. The van der Waals surface area contributed by atoms with Crippen molar-refractivity contribution < 1.29 is 9.84 Å². The Hall–Kier alpha value is -0.340. The summed E-state index contributed by atoms with van der Waals surface area (Å²) in [6.07, 6.45) is 8.48. The van der Waals surface area contributed by atoms with Crippen LogP contribution in [0.1, 0.15) is 73.1 Å². The summed E-state index contributed by atoms with van der Waals surface area (Å²) in [5.74, 6) is 1.19. The summed E-state index contributed by atoms with van der Waals surface area (Å²) in [4.78, 5) is 0. The molecule has 0 aromatic rings. The Balaban J connectivity index is 1.95. The summed E-state index contributed by atoms with van der Waals surface area (Å²) in [5.41, 5.74) is 0.106. The molecular formula is C20H34O2. The normalized spacial score (nSPS) is 54.2. The average Bonchev–Trinajstić information content (AvgIpc) is 2.42. The standard InChI is InChI=1S/C20H34O2/c1-7-18(4)11-8-15-19(5)12-10-16(21)17(2,3)14(19)9-13-20(15,6)22-18/h7,14-16,21H,1,8-13H2,2-6H3/t14?,15-,16+,18?,19+,20-/m1/s1. The van der Waals surface area contributed by atoms with Gasteiger partial charge in [0.25, 0.3) is 0 Å². The number of ether oxygens (including phenoxy) is 1. The van der Waals surface area contributed by atoms with Crippen molar-refractivity contribution in [3.63, 3.8) is 0 Å². The Kier molecular flexibility index (Phi) is 3.63. The Bertz CT molecular complexity index is 470. The van der Waals surface area contributed by atoms with Crippen molar-refractivity contribution in [2.45, 2.75) is 90.4 Å². The minimum Gasteiger partial charge on any atom is -0.393 e. The van der Waals surface area contributed by atoms with Crippen LogP contribution in [-0.4, -0.2) is 22.4 Å². The molecule has 1 N–H and O–H groups in total. The van der Waals surface area contributed by atoms with Crippen LogP contribution in [-0.2, 0) is 4.74 Å². The molecule has 1 heterocycles. The molecule has 0 aromatic heterocycles. The quantitative estimate of drug-likeness (QED) is 0.711. The Morgan fingerprint density at radius 3 is 2.23 bits per heavy atom. The van der Waals surface area contributed by atoms with Crippen LogP contribution in [0.3, 0.4) is 0 Å². The molecule has 3 aliphatic rings. The molecule has 2 aliphatic carbocycles. The highest BCUT2D eigenvalue weighted by Gasteiger charge is 2.62. The number of rotatable bonds is 1. The number of aliphatic hydroxyl groups excluding tert-OH is 1. The van der Waals surface area contributed by atoms with E-state index in [1.165, 1.54) is 12.8 Å². The Morgan fingerprint density at radius 2 is 1.59 bits per heavy atom. The topological polar surface area (TPSA) is 29.5 Å². The molecule has 0 bridgehead atoms. The van der Waals surface area contributed by atoms with Gasteiger partial charge in [0.1, 0.15) is 0 Å². The van der Waals surface area contributed by atoms with Gasteiger partial charge in [0.2, 0.25) is 0 Å². The molecule has 3 fully saturated rings. The fraction of sp³-hybridized carbons (Fsp3) is 0.900. The van der Waals surface area contributed by atoms with Gasteiger partial charge in [-0.3, -0.25) is 0 Å². The fourth-order valence-electron chi connectivity index (χ4n) is 6.41. The van der Waals surface area contributed by atoms with Gasteiger partial charge in [-0.2, -0.15) is 0 Å². The van der Waals surface area contributed by atoms with Crippen molar-refractivity contribution >= 4 is 0 Å². The van der Waals surface area contributed by atoms with Gasteiger partial charge in [-0.15, -0.1) is 6.58 Å². The third-order valence-electron chi connectivity index (χ3n) is 7.80. The predicted molar refractivity (Wildman–Crippen MR) is 90.7 cm³/mol. The predicted octanol–water partition coefficient (Wildman–Crippen LogP) is 4.71. The molecule has 22 heavy (non-hydrogen) atoms. The molecular weight excluding hydrogens is 272 g/mol. The highest BCUT2D eigenvalue weighted by atomic mass is 16.5. The van der Waals surface area contributed by atoms with Crippen molar-refractivity contribution in [1.29, 1.82) is 0 Å². The van der Waals surface area contributed by atoms with E-state index in [0.717, 1.165) is 25.7 Å². The van der Waals surface area contributed by atoms with Crippen LogP contribution >= 0.6 is 0 Å². The smallest absolute Gasteiger partial charge is 0.0839 e. The second kappa shape index (κ2) is 4.83. The van der Waals surface area contributed by atoms with Crippen LogP contribution in [0.15, 0.2) is 12.7 Å². The van der Waals surface area contributed by atoms with Gasteiger partial charge in [-0.1, -0.05) is 26.8 Å². The molecule has 1 saturated heterocycles. The van der Waals surface area contributed by atoms with Crippen molar-refractivity contribution in [3.8, 4) is 0 Å². The van der Waals surface area contributed by atoms with Crippen LogP contribution in [0, 0.1) is 22.7 Å². The second-order valence-electron chi connectivity index (χ2n) is 9.50. The molecule has 0 aromatic carbocycles. The lowest BCUT2D eigenvalue weighted by molar-refractivity contribution is -0.262. The summed E-state index contributed by atoms with van der Waals surface area (Å²) in [6.45, 7) is 15.5. The minimum absolute atomic E-state index is 0.0213. The molecule has 2 nitrogen and oxygen atoms in total. The van der Waals surface area contributed by atoms with Gasteiger partial charge in [0.05, 0.1) is 17.3 Å².